The van der Waals surface area contributed by atoms with E-state index in [0.717, 1.165) is 77.0 Å². The molecule has 6 unspecified atom stereocenters. The summed E-state index contributed by atoms with van der Waals surface area (Å²) in [6, 6.07) is 0. The van der Waals surface area contributed by atoms with E-state index in [0.29, 0.717) is 13.0 Å². The Kier molecular flexibility index (Phi) is 36.2. The molecule has 1 aliphatic rings. The van der Waals surface area contributed by atoms with Crippen molar-refractivity contribution in [3.8, 4) is 0 Å². The molecule has 4 N–H and O–H groups in total. The molecule has 12 nitrogen and oxygen atoms in total. The van der Waals surface area contributed by atoms with Crippen molar-refractivity contribution in [2.75, 3.05) is 26.4 Å². The minimum absolute atomic E-state index is 0.0247. The van der Waals surface area contributed by atoms with Crippen LogP contribution in [0.5, 0.6) is 0 Å². The van der Waals surface area contributed by atoms with Gasteiger partial charge >= 0.3 is 16.4 Å². The lowest BCUT2D eigenvalue weighted by atomic mass is 9.99. The van der Waals surface area contributed by atoms with Gasteiger partial charge in [0.05, 0.1) is 19.8 Å². The van der Waals surface area contributed by atoms with E-state index in [9.17, 15) is 28.5 Å². The van der Waals surface area contributed by atoms with E-state index in [1.165, 1.54) is 77.0 Å². The number of allylic oxidation sites excluding steroid dienone is 8. The second-order valence-electron chi connectivity index (χ2n) is 16.0. The van der Waals surface area contributed by atoms with Gasteiger partial charge in [0, 0.05) is 13.0 Å². The highest BCUT2D eigenvalue weighted by Gasteiger charge is 2.48. The van der Waals surface area contributed by atoms with E-state index < -0.39 is 59.8 Å². The number of aliphatic hydroxyl groups excluding tert-OH is 3. The fourth-order valence-corrected chi connectivity index (χ4v) is 7.34. The van der Waals surface area contributed by atoms with Crippen LogP contribution in [0, 0.1) is 0 Å². The maximum Gasteiger partial charge on any atom is 0.397 e. The summed E-state index contributed by atoms with van der Waals surface area (Å²) >= 11 is 0. The van der Waals surface area contributed by atoms with Crippen molar-refractivity contribution in [1.82, 2.24) is 0 Å². The fraction of sp³-hybridized carbons (Fsp3) is 0.809. The topological polar surface area (TPSA) is 178 Å². The second kappa shape index (κ2) is 38.7. The van der Waals surface area contributed by atoms with E-state index in [1.54, 1.807) is 0 Å². The highest BCUT2D eigenvalue weighted by atomic mass is 32.3. The molecule has 0 amide bonds. The third kappa shape index (κ3) is 31.8. The van der Waals surface area contributed by atoms with E-state index >= 15 is 0 Å². The lowest BCUT2D eigenvalue weighted by Gasteiger charge is -2.41. The summed E-state index contributed by atoms with van der Waals surface area (Å²) in [5.41, 5.74) is 0. The van der Waals surface area contributed by atoms with Crippen LogP contribution >= 0.6 is 0 Å². The van der Waals surface area contributed by atoms with Crippen LogP contribution in [0.3, 0.4) is 0 Å². The SMILES string of the molecule is CCCC/C=C\CCCCCCCC(=O)OC(COCCCCCCCCC/C=C\C/C=C\C/C=C\CCCCCCC)COC1OC(CO)C(O)C(OS(=O)(=O)O)C1O. The van der Waals surface area contributed by atoms with Crippen molar-refractivity contribution in [3.63, 3.8) is 0 Å². The molecule has 6 atom stereocenters. The van der Waals surface area contributed by atoms with Crippen LogP contribution in [0.15, 0.2) is 48.6 Å². The Bertz CT molecular complexity index is 1240. The molecule has 0 spiro atoms. The van der Waals surface area contributed by atoms with E-state index in [2.05, 4.69) is 66.6 Å². The summed E-state index contributed by atoms with van der Waals surface area (Å²) < 4.78 is 59.0. The molecular weight excluding hydrogens is 789 g/mol. The van der Waals surface area contributed by atoms with Crippen molar-refractivity contribution < 1.29 is 56.2 Å². The fourth-order valence-electron chi connectivity index (χ4n) is 6.84. The lowest BCUT2D eigenvalue weighted by Crippen LogP contribution is -2.60. The minimum Gasteiger partial charge on any atom is -0.457 e. The molecule has 0 aromatic rings. The molecule has 13 heteroatoms. The third-order valence-corrected chi connectivity index (χ3v) is 10.9. The van der Waals surface area contributed by atoms with Crippen LogP contribution in [-0.4, -0.2) is 97.5 Å². The monoisotopic (exact) mass is 873 g/mol. The first-order chi connectivity index (χ1) is 29.1. The summed E-state index contributed by atoms with van der Waals surface area (Å²) in [4.78, 5) is 12.8. The molecular formula is C47H84O12S. The van der Waals surface area contributed by atoms with Crippen LogP contribution in [0.2, 0.25) is 0 Å². The largest absolute Gasteiger partial charge is 0.457 e. The lowest BCUT2D eigenvalue weighted by molar-refractivity contribution is -0.301. The zero-order valence-electron chi connectivity index (χ0n) is 37.3. The number of unbranched alkanes of at least 4 members (excludes halogenated alkanes) is 19. The number of hydrogen-bond acceptors (Lipinski definition) is 11. The Morgan fingerprint density at radius 2 is 1.12 bits per heavy atom. The summed E-state index contributed by atoms with van der Waals surface area (Å²) in [6.07, 6.45) is 37.2. The Morgan fingerprint density at radius 1 is 0.633 bits per heavy atom. The zero-order valence-corrected chi connectivity index (χ0v) is 38.1. The van der Waals surface area contributed by atoms with Gasteiger partial charge < -0.3 is 34.3 Å². The van der Waals surface area contributed by atoms with E-state index in [4.69, 9.17) is 23.5 Å². The number of aliphatic hydroxyl groups is 3. The maximum atomic E-state index is 12.8. The first-order valence-electron chi connectivity index (χ1n) is 23.4. The van der Waals surface area contributed by atoms with Crippen molar-refractivity contribution in [2.24, 2.45) is 0 Å². The number of ether oxygens (including phenoxy) is 4. The average Bonchev–Trinajstić information content (AvgIpc) is 3.22. The molecule has 0 aromatic heterocycles. The Hall–Kier alpha value is -1.94. The normalized spacial score (nSPS) is 20.7. The molecule has 0 radical (unpaired) electrons. The van der Waals surface area contributed by atoms with Crippen LogP contribution in [0.4, 0.5) is 0 Å². The van der Waals surface area contributed by atoms with Gasteiger partial charge in [0.25, 0.3) is 0 Å². The molecule has 1 saturated heterocycles. The van der Waals surface area contributed by atoms with Gasteiger partial charge in [-0.15, -0.1) is 0 Å². The summed E-state index contributed by atoms with van der Waals surface area (Å²) in [5.74, 6) is -0.415. The minimum atomic E-state index is -5.06. The number of rotatable bonds is 40. The molecule has 0 saturated carbocycles. The van der Waals surface area contributed by atoms with Crippen LogP contribution in [0.25, 0.3) is 0 Å². The van der Waals surface area contributed by atoms with Gasteiger partial charge in [0.15, 0.2) is 6.29 Å². The van der Waals surface area contributed by atoms with Gasteiger partial charge in [-0.2, -0.15) is 8.42 Å². The Balaban J connectivity index is 2.38. The van der Waals surface area contributed by atoms with Gasteiger partial charge in [-0.3, -0.25) is 9.35 Å². The van der Waals surface area contributed by atoms with Crippen molar-refractivity contribution in [3.05, 3.63) is 48.6 Å². The molecule has 0 bridgehead atoms. The molecule has 0 aliphatic carbocycles. The van der Waals surface area contributed by atoms with Crippen LogP contribution in [0.1, 0.15) is 181 Å². The van der Waals surface area contributed by atoms with Crippen molar-refractivity contribution in [2.45, 2.75) is 218 Å². The number of hydrogen-bond donors (Lipinski definition) is 4. The molecule has 1 fully saturated rings. The van der Waals surface area contributed by atoms with E-state index in [1.807, 2.05) is 0 Å². The van der Waals surface area contributed by atoms with Crippen LogP contribution in [-0.2, 0) is 38.3 Å². The number of esters is 1. The molecule has 1 aliphatic heterocycles. The molecule has 60 heavy (non-hydrogen) atoms. The quantitative estimate of drug-likeness (QED) is 0.0199. The van der Waals surface area contributed by atoms with Crippen LogP contribution < -0.4 is 0 Å². The van der Waals surface area contributed by atoms with Gasteiger partial charge in [0.1, 0.15) is 30.5 Å². The second-order valence-corrected chi connectivity index (χ2v) is 17.0. The van der Waals surface area contributed by atoms with E-state index in [-0.39, 0.29) is 19.6 Å². The highest BCUT2D eigenvalue weighted by molar-refractivity contribution is 7.80. The summed E-state index contributed by atoms with van der Waals surface area (Å²) in [5, 5.41) is 30.6. The predicted molar refractivity (Wildman–Crippen MR) is 239 cm³/mol. The number of carbonyl (C=O) groups excluding carboxylic acids is 1. The molecule has 1 rings (SSSR count). The molecule has 0 aromatic carbocycles. The van der Waals surface area contributed by atoms with Crippen molar-refractivity contribution in [1.29, 1.82) is 0 Å². The standard InChI is InChI=1S/C47H84O12S/c1-3-5-7-9-11-13-15-16-17-18-19-20-21-22-23-24-25-27-29-31-33-35-37-55-39-41(57-43(49)36-34-32-30-28-26-14-12-10-8-6-4-2)40-56-47-45(51)46(59-60(52,53)54)44(50)42(38-48)58-47/h10,12,15-16,18-19,21-22,41-42,44-48,50-51H,3-9,11,13-14,17,20,23-40H2,1-2H3,(H,52,53,54)/b12-10-,16-15-,19-18-,22-21-. The van der Waals surface area contributed by atoms with Gasteiger partial charge in [-0.1, -0.05) is 152 Å². The first kappa shape index (κ1) is 56.1. The average molecular weight is 873 g/mol. The predicted octanol–water partition coefficient (Wildman–Crippen LogP) is 9.97. The molecule has 1 heterocycles. The smallest absolute Gasteiger partial charge is 0.397 e. The Labute approximate surface area is 364 Å². The van der Waals surface area contributed by atoms with Gasteiger partial charge in [-0.05, 0) is 70.6 Å². The van der Waals surface area contributed by atoms with Gasteiger partial charge in [0.2, 0.25) is 0 Å². The third-order valence-electron chi connectivity index (χ3n) is 10.4. The Morgan fingerprint density at radius 3 is 1.67 bits per heavy atom. The van der Waals surface area contributed by atoms with Crippen molar-refractivity contribution >= 4 is 16.4 Å². The summed E-state index contributed by atoms with van der Waals surface area (Å²) in [6.45, 7) is 3.90. The summed E-state index contributed by atoms with van der Waals surface area (Å²) in [7, 11) is -5.06. The molecule has 350 valence electrons. The highest BCUT2D eigenvalue weighted by Crippen LogP contribution is 2.26. The number of carbonyl (C=O) groups is 1. The van der Waals surface area contributed by atoms with Gasteiger partial charge in [-0.25, -0.2) is 4.18 Å². The maximum absolute atomic E-state index is 12.8. The zero-order chi connectivity index (χ0) is 43.9. The first-order valence-corrected chi connectivity index (χ1v) is 24.8.